The summed E-state index contributed by atoms with van der Waals surface area (Å²) in [5, 5.41) is 8.94. The molecule has 0 saturated carbocycles. The minimum absolute atomic E-state index is 0.539. The molecule has 16 heavy (non-hydrogen) atoms. The molecule has 0 spiro atoms. The molecule has 0 N–H and O–H groups in total. The van der Waals surface area contributed by atoms with Gasteiger partial charge in [-0.2, -0.15) is 5.26 Å². The molecule has 0 aliphatic carbocycles. The van der Waals surface area contributed by atoms with Gasteiger partial charge in [0.15, 0.2) is 0 Å². The molecule has 0 aliphatic rings. The molecule has 1 aromatic rings. The highest BCUT2D eigenvalue weighted by molar-refractivity contribution is 5.30. The summed E-state index contributed by atoms with van der Waals surface area (Å²) < 4.78 is 0. The molecule has 0 aromatic carbocycles. The maximum Gasteiger partial charge on any atom is 0.144 e. The Balaban J connectivity index is 2.69. The monoisotopic (exact) mass is 217 g/mol. The van der Waals surface area contributed by atoms with E-state index >= 15 is 0 Å². The number of rotatable bonds is 5. The lowest BCUT2D eigenvalue weighted by Gasteiger charge is -2.24. The van der Waals surface area contributed by atoms with Crippen LogP contribution in [0.15, 0.2) is 18.3 Å². The predicted molar refractivity (Wildman–Crippen MR) is 64.8 cm³/mol. The van der Waals surface area contributed by atoms with Crippen molar-refractivity contribution in [3.8, 4) is 6.07 Å². The number of nitrogens with zero attached hydrogens (tertiary/aromatic N) is 3. The number of nitriles is 1. The summed E-state index contributed by atoms with van der Waals surface area (Å²) in [7, 11) is 2.09. The second-order valence-electron chi connectivity index (χ2n) is 4.18. The van der Waals surface area contributed by atoms with E-state index in [0.29, 0.717) is 11.7 Å². The van der Waals surface area contributed by atoms with Crippen LogP contribution in [0, 0.1) is 11.3 Å². The minimum Gasteiger partial charge on any atom is -0.299 e. The Labute approximate surface area is 97.7 Å². The zero-order chi connectivity index (χ0) is 12.0. The number of aromatic nitrogens is 1. The van der Waals surface area contributed by atoms with Gasteiger partial charge in [0.05, 0.1) is 0 Å². The van der Waals surface area contributed by atoms with Crippen LogP contribution in [-0.4, -0.2) is 23.0 Å². The summed E-state index contributed by atoms with van der Waals surface area (Å²) >= 11 is 0. The van der Waals surface area contributed by atoms with Gasteiger partial charge in [-0.3, -0.25) is 4.90 Å². The van der Waals surface area contributed by atoms with Crippen molar-refractivity contribution < 1.29 is 0 Å². The molecule has 0 saturated heterocycles. The third-order valence-corrected chi connectivity index (χ3v) is 2.88. The molecule has 3 nitrogen and oxygen atoms in total. The van der Waals surface area contributed by atoms with Gasteiger partial charge >= 0.3 is 0 Å². The van der Waals surface area contributed by atoms with Crippen LogP contribution in [0.25, 0.3) is 0 Å². The highest BCUT2D eigenvalue weighted by Gasteiger charge is 2.11. The zero-order valence-corrected chi connectivity index (χ0v) is 10.3. The van der Waals surface area contributed by atoms with Crippen molar-refractivity contribution >= 4 is 0 Å². The lowest BCUT2D eigenvalue weighted by Crippen LogP contribution is -2.28. The summed E-state index contributed by atoms with van der Waals surface area (Å²) in [5.74, 6) is 0. The Morgan fingerprint density at radius 3 is 2.94 bits per heavy atom. The van der Waals surface area contributed by atoms with Crippen LogP contribution in [0.4, 0.5) is 0 Å². The van der Waals surface area contributed by atoms with E-state index in [2.05, 4.69) is 36.8 Å². The van der Waals surface area contributed by atoms with Gasteiger partial charge in [0.25, 0.3) is 0 Å². The fourth-order valence-electron chi connectivity index (χ4n) is 1.73. The first-order valence-electron chi connectivity index (χ1n) is 5.73. The van der Waals surface area contributed by atoms with Crippen molar-refractivity contribution in [3.63, 3.8) is 0 Å². The van der Waals surface area contributed by atoms with Gasteiger partial charge in [-0.25, -0.2) is 4.98 Å². The molecule has 1 rings (SSSR count). The van der Waals surface area contributed by atoms with Gasteiger partial charge in [0.1, 0.15) is 11.8 Å². The van der Waals surface area contributed by atoms with E-state index in [9.17, 15) is 0 Å². The van der Waals surface area contributed by atoms with E-state index in [0.717, 1.165) is 12.1 Å². The molecule has 1 heterocycles. The van der Waals surface area contributed by atoms with Crippen molar-refractivity contribution in [2.45, 2.75) is 39.3 Å². The largest absolute Gasteiger partial charge is 0.299 e. The normalized spacial score (nSPS) is 12.4. The van der Waals surface area contributed by atoms with Crippen LogP contribution >= 0.6 is 0 Å². The Morgan fingerprint density at radius 2 is 2.31 bits per heavy atom. The van der Waals surface area contributed by atoms with Gasteiger partial charge in [-0.1, -0.05) is 19.4 Å². The second kappa shape index (κ2) is 6.24. The first-order chi connectivity index (χ1) is 7.69. The summed E-state index contributed by atoms with van der Waals surface area (Å²) in [6.45, 7) is 5.19. The van der Waals surface area contributed by atoms with Gasteiger partial charge in [-0.05, 0) is 26.5 Å². The van der Waals surface area contributed by atoms with Crippen LogP contribution in [-0.2, 0) is 6.54 Å². The van der Waals surface area contributed by atoms with E-state index in [4.69, 9.17) is 5.26 Å². The smallest absolute Gasteiger partial charge is 0.144 e. The van der Waals surface area contributed by atoms with E-state index in [1.807, 2.05) is 12.1 Å². The third kappa shape index (κ3) is 3.32. The van der Waals surface area contributed by atoms with Crippen LogP contribution < -0.4 is 0 Å². The Bertz CT molecular complexity index is 368. The molecule has 0 fully saturated rings. The van der Waals surface area contributed by atoms with Crippen molar-refractivity contribution in [2.24, 2.45) is 0 Å². The zero-order valence-electron chi connectivity index (χ0n) is 10.3. The molecular formula is C13H19N3. The van der Waals surface area contributed by atoms with E-state index in [-0.39, 0.29) is 0 Å². The first-order valence-corrected chi connectivity index (χ1v) is 5.73. The molecular weight excluding hydrogens is 198 g/mol. The average Bonchev–Trinajstić information content (AvgIpc) is 2.30. The highest BCUT2D eigenvalue weighted by Crippen LogP contribution is 2.11. The molecule has 1 unspecified atom stereocenters. The maximum atomic E-state index is 8.94. The third-order valence-electron chi connectivity index (χ3n) is 2.88. The molecule has 0 aliphatic heterocycles. The van der Waals surface area contributed by atoms with Crippen LogP contribution in [0.3, 0.4) is 0 Å². The second-order valence-corrected chi connectivity index (χ2v) is 4.18. The summed E-state index contributed by atoms with van der Waals surface area (Å²) in [6, 6.07) is 6.53. The van der Waals surface area contributed by atoms with Crippen molar-refractivity contribution in [3.05, 3.63) is 29.6 Å². The van der Waals surface area contributed by atoms with E-state index in [1.165, 1.54) is 12.8 Å². The van der Waals surface area contributed by atoms with Crippen LogP contribution in [0.5, 0.6) is 0 Å². The van der Waals surface area contributed by atoms with Crippen molar-refractivity contribution in [1.82, 2.24) is 9.88 Å². The van der Waals surface area contributed by atoms with Crippen LogP contribution in [0.1, 0.15) is 37.9 Å². The molecule has 1 atom stereocenters. The van der Waals surface area contributed by atoms with Gasteiger partial charge in [0.2, 0.25) is 0 Å². The Kier molecular flexibility index (Phi) is 4.94. The topological polar surface area (TPSA) is 39.9 Å². The SMILES string of the molecule is CCCC(C)N(C)Cc1cccnc1C#N. The summed E-state index contributed by atoms with van der Waals surface area (Å²) in [5.41, 5.74) is 1.55. The van der Waals surface area contributed by atoms with E-state index < -0.39 is 0 Å². The van der Waals surface area contributed by atoms with Gasteiger partial charge < -0.3 is 0 Å². The highest BCUT2D eigenvalue weighted by atomic mass is 15.1. The molecule has 0 radical (unpaired) electrons. The molecule has 3 heteroatoms. The molecule has 0 bridgehead atoms. The van der Waals surface area contributed by atoms with Crippen LogP contribution in [0.2, 0.25) is 0 Å². The molecule has 86 valence electrons. The van der Waals surface area contributed by atoms with Crippen molar-refractivity contribution in [2.75, 3.05) is 7.05 Å². The quantitative estimate of drug-likeness (QED) is 0.761. The Morgan fingerprint density at radius 1 is 1.56 bits per heavy atom. The maximum absolute atomic E-state index is 8.94. The van der Waals surface area contributed by atoms with Gasteiger partial charge in [-0.15, -0.1) is 0 Å². The predicted octanol–water partition coefficient (Wildman–Crippen LogP) is 2.57. The minimum atomic E-state index is 0.539. The number of pyridine rings is 1. The summed E-state index contributed by atoms with van der Waals surface area (Å²) in [6.07, 6.45) is 4.03. The fourth-order valence-corrected chi connectivity index (χ4v) is 1.73. The fraction of sp³-hybridized carbons (Fsp3) is 0.538. The molecule has 0 amide bonds. The number of hydrogen-bond donors (Lipinski definition) is 0. The Hall–Kier alpha value is -1.40. The average molecular weight is 217 g/mol. The first kappa shape index (κ1) is 12.7. The van der Waals surface area contributed by atoms with Crippen molar-refractivity contribution in [1.29, 1.82) is 5.26 Å². The lowest BCUT2D eigenvalue weighted by atomic mass is 10.1. The number of hydrogen-bond acceptors (Lipinski definition) is 3. The van der Waals surface area contributed by atoms with E-state index in [1.54, 1.807) is 6.20 Å². The molecule has 1 aromatic heterocycles. The summed E-state index contributed by atoms with van der Waals surface area (Å²) in [4.78, 5) is 6.33. The lowest BCUT2D eigenvalue weighted by molar-refractivity contribution is 0.236. The standard InChI is InChI=1S/C13H19N3/c1-4-6-11(2)16(3)10-12-7-5-8-15-13(12)9-14/h5,7-8,11H,4,6,10H2,1-3H3. The van der Waals surface area contributed by atoms with Gasteiger partial charge in [0, 0.05) is 24.3 Å².